The van der Waals surface area contributed by atoms with E-state index in [1.54, 1.807) is 17.4 Å². The smallest absolute Gasteiger partial charge is 0.315 e. The highest BCUT2D eigenvalue weighted by Crippen LogP contribution is 2.17. The summed E-state index contributed by atoms with van der Waals surface area (Å²) in [5.74, 6) is 0. The molecule has 7 heteroatoms. The molecule has 2 aromatic heterocycles. The van der Waals surface area contributed by atoms with Crippen LogP contribution < -0.4 is 16.2 Å². The number of carbonyl (C=O) groups is 1. The standard InChI is InChI=1S/C14H16N4O2S/c19-13-7-9-6-10(3-4-12(9)17-18-13)16-14(20)15-8-11-2-1-5-21-11/h1-2,5,7,10H,3-4,6,8H2,(H,18,19)(H2,15,16,20). The topological polar surface area (TPSA) is 86.9 Å². The van der Waals surface area contributed by atoms with Crippen molar-refractivity contribution in [3.63, 3.8) is 0 Å². The third-order valence-electron chi connectivity index (χ3n) is 3.51. The molecule has 6 nitrogen and oxygen atoms in total. The first kappa shape index (κ1) is 13.8. The van der Waals surface area contributed by atoms with Crippen LogP contribution in [-0.2, 0) is 19.4 Å². The number of hydrogen-bond donors (Lipinski definition) is 3. The molecule has 3 rings (SSSR count). The van der Waals surface area contributed by atoms with Crippen LogP contribution in [0.2, 0.25) is 0 Å². The van der Waals surface area contributed by atoms with E-state index in [9.17, 15) is 9.59 Å². The van der Waals surface area contributed by atoms with Gasteiger partial charge in [0, 0.05) is 17.0 Å². The van der Waals surface area contributed by atoms with Gasteiger partial charge in [0.25, 0.3) is 5.56 Å². The number of hydrogen-bond acceptors (Lipinski definition) is 4. The fourth-order valence-electron chi connectivity index (χ4n) is 2.48. The molecule has 110 valence electrons. The zero-order chi connectivity index (χ0) is 14.7. The van der Waals surface area contributed by atoms with Crippen LogP contribution >= 0.6 is 11.3 Å². The summed E-state index contributed by atoms with van der Waals surface area (Å²) in [4.78, 5) is 24.3. The highest BCUT2D eigenvalue weighted by molar-refractivity contribution is 7.09. The van der Waals surface area contributed by atoms with Crippen molar-refractivity contribution < 1.29 is 4.79 Å². The number of amides is 2. The van der Waals surface area contributed by atoms with Gasteiger partial charge in [-0.05, 0) is 36.3 Å². The van der Waals surface area contributed by atoms with Crippen LogP contribution in [-0.4, -0.2) is 22.3 Å². The Bertz CT molecular complexity index is 681. The third kappa shape index (κ3) is 3.49. The molecule has 0 saturated carbocycles. The van der Waals surface area contributed by atoms with E-state index in [1.165, 1.54) is 0 Å². The van der Waals surface area contributed by atoms with Gasteiger partial charge >= 0.3 is 6.03 Å². The van der Waals surface area contributed by atoms with Gasteiger partial charge in [0.15, 0.2) is 0 Å². The van der Waals surface area contributed by atoms with Gasteiger partial charge in [0.2, 0.25) is 0 Å². The number of nitrogens with zero attached hydrogens (tertiary/aromatic N) is 1. The molecular weight excluding hydrogens is 288 g/mol. The number of thiophene rings is 1. The summed E-state index contributed by atoms with van der Waals surface area (Å²) in [6.07, 6.45) is 2.25. The first-order chi connectivity index (χ1) is 10.2. The van der Waals surface area contributed by atoms with E-state index in [0.29, 0.717) is 13.0 Å². The van der Waals surface area contributed by atoms with Crippen LogP contribution in [0.5, 0.6) is 0 Å². The maximum absolute atomic E-state index is 11.9. The van der Waals surface area contributed by atoms with Crippen molar-refractivity contribution in [2.24, 2.45) is 0 Å². The minimum Gasteiger partial charge on any atom is -0.335 e. The molecule has 0 fully saturated rings. The van der Waals surface area contributed by atoms with Gasteiger partial charge in [-0.3, -0.25) is 4.79 Å². The first-order valence-electron chi connectivity index (χ1n) is 6.85. The van der Waals surface area contributed by atoms with E-state index in [1.807, 2.05) is 17.5 Å². The zero-order valence-corrected chi connectivity index (χ0v) is 12.2. The molecule has 2 heterocycles. The predicted octanol–water partition coefficient (Wildman–Crippen LogP) is 1.19. The molecule has 21 heavy (non-hydrogen) atoms. The van der Waals surface area contributed by atoms with Crippen molar-refractivity contribution in [3.05, 3.63) is 50.1 Å². The molecular formula is C14H16N4O2S. The van der Waals surface area contributed by atoms with E-state index in [4.69, 9.17) is 0 Å². The molecule has 1 aliphatic carbocycles. The number of urea groups is 1. The van der Waals surface area contributed by atoms with Crippen LogP contribution in [0.25, 0.3) is 0 Å². The molecule has 1 aliphatic rings. The Labute approximate surface area is 125 Å². The Hall–Kier alpha value is -2.15. The van der Waals surface area contributed by atoms with Gasteiger partial charge < -0.3 is 10.6 Å². The molecule has 2 amide bonds. The average Bonchev–Trinajstić information content (AvgIpc) is 2.98. The summed E-state index contributed by atoms with van der Waals surface area (Å²) < 4.78 is 0. The minimum absolute atomic E-state index is 0.0458. The average molecular weight is 304 g/mol. The highest BCUT2D eigenvalue weighted by Gasteiger charge is 2.21. The second-order valence-electron chi connectivity index (χ2n) is 5.05. The highest BCUT2D eigenvalue weighted by atomic mass is 32.1. The third-order valence-corrected chi connectivity index (χ3v) is 4.39. The largest absolute Gasteiger partial charge is 0.335 e. The predicted molar refractivity (Wildman–Crippen MR) is 80.4 cm³/mol. The van der Waals surface area contributed by atoms with Crippen molar-refractivity contribution in [1.29, 1.82) is 0 Å². The SMILES string of the molecule is O=C(NCc1cccs1)NC1CCc2n[nH]c(=O)cc2C1. The monoisotopic (exact) mass is 304 g/mol. The number of rotatable bonds is 3. The maximum Gasteiger partial charge on any atom is 0.315 e. The number of aryl methyl sites for hydroxylation is 1. The van der Waals surface area contributed by atoms with Crippen LogP contribution in [0.4, 0.5) is 4.79 Å². The number of carbonyl (C=O) groups excluding carboxylic acids is 1. The summed E-state index contributed by atoms with van der Waals surface area (Å²) in [7, 11) is 0. The Morgan fingerprint density at radius 3 is 3.24 bits per heavy atom. The van der Waals surface area contributed by atoms with E-state index < -0.39 is 0 Å². The normalized spacial score (nSPS) is 17.0. The number of aromatic nitrogens is 2. The van der Waals surface area contributed by atoms with Crippen molar-refractivity contribution in [1.82, 2.24) is 20.8 Å². The number of aromatic amines is 1. The lowest BCUT2D eigenvalue weighted by Gasteiger charge is -2.24. The summed E-state index contributed by atoms with van der Waals surface area (Å²) in [6, 6.07) is 5.39. The number of fused-ring (bicyclic) bond motifs is 1. The first-order valence-corrected chi connectivity index (χ1v) is 7.73. The summed E-state index contributed by atoms with van der Waals surface area (Å²) in [6.45, 7) is 0.536. The lowest BCUT2D eigenvalue weighted by Crippen LogP contribution is -2.44. The van der Waals surface area contributed by atoms with Crippen LogP contribution in [0.15, 0.2) is 28.4 Å². The molecule has 0 aromatic carbocycles. The lowest BCUT2D eigenvalue weighted by atomic mass is 9.92. The van der Waals surface area contributed by atoms with Gasteiger partial charge in [0.1, 0.15) is 0 Å². The van der Waals surface area contributed by atoms with E-state index in [-0.39, 0.29) is 17.6 Å². The van der Waals surface area contributed by atoms with Crippen molar-refractivity contribution in [3.8, 4) is 0 Å². The van der Waals surface area contributed by atoms with Gasteiger partial charge in [-0.2, -0.15) is 5.10 Å². The van der Waals surface area contributed by atoms with Crippen molar-refractivity contribution in [2.75, 3.05) is 0 Å². The van der Waals surface area contributed by atoms with Crippen molar-refractivity contribution in [2.45, 2.75) is 31.8 Å². The molecule has 2 aromatic rings. The molecule has 3 N–H and O–H groups in total. The fraction of sp³-hybridized carbons (Fsp3) is 0.357. The Kier molecular flexibility index (Phi) is 4.01. The lowest BCUT2D eigenvalue weighted by molar-refractivity contribution is 0.235. The summed E-state index contributed by atoms with van der Waals surface area (Å²) in [5.41, 5.74) is 1.65. The Balaban J connectivity index is 1.54. The molecule has 1 unspecified atom stereocenters. The second-order valence-corrected chi connectivity index (χ2v) is 6.08. The van der Waals surface area contributed by atoms with Gasteiger partial charge in [-0.25, -0.2) is 9.89 Å². The Morgan fingerprint density at radius 2 is 2.43 bits per heavy atom. The van der Waals surface area contributed by atoms with Gasteiger partial charge in [-0.1, -0.05) is 6.07 Å². The summed E-state index contributed by atoms with van der Waals surface area (Å²) >= 11 is 1.61. The van der Waals surface area contributed by atoms with Gasteiger partial charge in [0.05, 0.1) is 12.2 Å². The zero-order valence-electron chi connectivity index (χ0n) is 11.4. The van der Waals surface area contributed by atoms with Gasteiger partial charge in [-0.15, -0.1) is 11.3 Å². The quantitative estimate of drug-likeness (QED) is 0.796. The van der Waals surface area contributed by atoms with E-state index in [2.05, 4.69) is 20.8 Å². The molecule has 0 saturated heterocycles. The number of H-pyrrole nitrogens is 1. The molecule has 0 aliphatic heterocycles. The minimum atomic E-state index is -0.198. The maximum atomic E-state index is 11.9. The molecule has 0 radical (unpaired) electrons. The Morgan fingerprint density at radius 1 is 1.52 bits per heavy atom. The second kappa shape index (κ2) is 6.09. The van der Waals surface area contributed by atoms with Crippen LogP contribution in [0.1, 0.15) is 22.6 Å². The van der Waals surface area contributed by atoms with Crippen LogP contribution in [0, 0.1) is 0 Å². The molecule has 0 bridgehead atoms. The summed E-state index contributed by atoms with van der Waals surface area (Å²) in [5, 5.41) is 14.3. The molecule has 0 spiro atoms. The number of nitrogens with one attached hydrogen (secondary N) is 3. The van der Waals surface area contributed by atoms with Crippen LogP contribution in [0.3, 0.4) is 0 Å². The van der Waals surface area contributed by atoms with E-state index >= 15 is 0 Å². The fourth-order valence-corrected chi connectivity index (χ4v) is 3.12. The van der Waals surface area contributed by atoms with Crippen molar-refractivity contribution >= 4 is 17.4 Å². The molecule has 1 atom stereocenters. The van der Waals surface area contributed by atoms with E-state index in [0.717, 1.165) is 29.0 Å².